The predicted octanol–water partition coefficient (Wildman–Crippen LogP) is 2.41. The first-order valence-electron chi connectivity index (χ1n) is 9.62. The van der Waals surface area contributed by atoms with Gasteiger partial charge < -0.3 is 9.64 Å². The summed E-state index contributed by atoms with van der Waals surface area (Å²) in [4.78, 5) is 4.35. The monoisotopic (exact) mass is 421 g/mol. The van der Waals surface area contributed by atoms with E-state index in [9.17, 15) is 12.8 Å². The minimum Gasteiger partial charge on any atom is -0.495 e. The fourth-order valence-electron chi connectivity index (χ4n) is 3.51. The number of ether oxygens (including phenoxy) is 1. The molecule has 1 unspecified atom stereocenters. The van der Waals surface area contributed by atoms with Gasteiger partial charge in [-0.3, -0.25) is 4.90 Å². The molecule has 6 nitrogen and oxygen atoms in total. The Morgan fingerprint density at radius 3 is 2.38 bits per heavy atom. The molecule has 1 aliphatic heterocycles. The first-order chi connectivity index (χ1) is 13.8. The van der Waals surface area contributed by atoms with Crippen molar-refractivity contribution in [3.05, 3.63) is 59.4 Å². The van der Waals surface area contributed by atoms with Gasteiger partial charge in [0.2, 0.25) is 10.0 Å². The largest absolute Gasteiger partial charge is 0.495 e. The van der Waals surface area contributed by atoms with Gasteiger partial charge in [-0.15, -0.1) is 0 Å². The molecule has 29 heavy (non-hydrogen) atoms. The molecule has 8 heteroatoms. The molecule has 1 heterocycles. The number of halogens is 1. The van der Waals surface area contributed by atoms with Crippen LogP contribution in [0.1, 0.15) is 17.2 Å². The Hall–Kier alpha value is -2.00. The van der Waals surface area contributed by atoms with E-state index in [2.05, 4.69) is 21.6 Å². The Morgan fingerprint density at radius 2 is 1.76 bits per heavy atom. The van der Waals surface area contributed by atoms with Crippen molar-refractivity contribution in [1.29, 1.82) is 0 Å². The summed E-state index contributed by atoms with van der Waals surface area (Å²) in [5, 5.41) is 0. The first kappa shape index (κ1) is 21.7. The average Bonchev–Trinajstić information content (AvgIpc) is 2.70. The van der Waals surface area contributed by atoms with Crippen molar-refractivity contribution in [2.75, 3.05) is 46.9 Å². The number of hydrogen-bond acceptors (Lipinski definition) is 5. The topological polar surface area (TPSA) is 61.9 Å². The molecule has 158 valence electrons. The number of nitrogens with one attached hydrogen (secondary N) is 1. The zero-order valence-electron chi connectivity index (χ0n) is 17.1. The number of methoxy groups -OCH3 is 1. The normalized spacial score (nSPS) is 17.2. The third-order valence-electron chi connectivity index (χ3n) is 5.32. The van der Waals surface area contributed by atoms with E-state index in [-0.39, 0.29) is 23.2 Å². The summed E-state index contributed by atoms with van der Waals surface area (Å²) in [6.45, 7) is 5.75. The fourth-order valence-corrected chi connectivity index (χ4v) is 4.72. The standard InChI is InChI=1S/C21H28FN3O3S/c1-16-4-6-17(7-5-16)19(25-12-10-24(2)11-13-25)15-23-29(26,27)21-14-18(22)8-9-20(21)28-3/h4-9,14,19,23H,10-13,15H2,1-3H3. The molecule has 0 bridgehead atoms. The van der Waals surface area contributed by atoms with Crippen LogP contribution in [-0.2, 0) is 10.0 Å². The van der Waals surface area contributed by atoms with Gasteiger partial charge in [-0.2, -0.15) is 0 Å². The van der Waals surface area contributed by atoms with Gasteiger partial charge in [0.1, 0.15) is 16.5 Å². The van der Waals surface area contributed by atoms with Crippen LogP contribution < -0.4 is 9.46 Å². The van der Waals surface area contributed by atoms with E-state index in [0.29, 0.717) is 0 Å². The molecule has 0 aromatic heterocycles. The lowest BCUT2D eigenvalue weighted by Gasteiger charge is -2.38. The van der Waals surface area contributed by atoms with Crippen LogP contribution in [0.5, 0.6) is 5.75 Å². The van der Waals surface area contributed by atoms with Crippen molar-refractivity contribution in [2.24, 2.45) is 0 Å². The molecule has 1 atom stereocenters. The number of sulfonamides is 1. The van der Waals surface area contributed by atoms with E-state index in [1.54, 1.807) is 0 Å². The molecule has 3 rings (SSSR count). The van der Waals surface area contributed by atoms with E-state index in [1.165, 1.54) is 19.2 Å². The quantitative estimate of drug-likeness (QED) is 0.744. The summed E-state index contributed by atoms with van der Waals surface area (Å²) in [6, 6.07) is 11.5. The molecule has 1 aliphatic rings. The van der Waals surface area contributed by atoms with Crippen LogP contribution in [0.2, 0.25) is 0 Å². The highest BCUT2D eigenvalue weighted by Gasteiger charge is 2.27. The second-order valence-electron chi connectivity index (χ2n) is 7.41. The van der Waals surface area contributed by atoms with Crippen LogP contribution in [0.3, 0.4) is 0 Å². The maximum absolute atomic E-state index is 13.7. The van der Waals surface area contributed by atoms with Crippen LogP contribution in [0.15, 0.2) is 47.4 Å². The van der Waals surface area contributed by atoms with Crippen molar-refractivity contribution >= 4 is 10.0 Å². The Morgan fingerprint density at radius 1 is 1.10 bits per heavy atom. The van der Waals surface area contributed by atoms with Crippen molar-refractivity contribution in [2.45, 2.75) is 17.9 Å². The van der Waals surface area contributed by atoms with E-state index in [0.717, 1.165) is 43.4 Å². The number of likely N-dealkylation sites (N-methyl/N-ethyl adjacent to an activating group) is 1. The highest BCUT2D eigenvalue weighted by atomic mass is 32.2. The van der Waals surface area contributed by atoms with Crippen LogP contribution >= 0.6 is 0 Å². The van der Waals surface area contributed by atoms with E-state index in [1.807, 2.05) is 31.2 Å². The number of aryl methyl sites for hydroxylation is 1. The lowest BCUT2D eigenvalue weighted by Crippen LogP contribution is -2.48. The zero-order valence-corrected chi connectivity index (χ0v) is 17.9. The van der Waals surface area contributed by atoms with Crippen molar-refractivity contribution in [3.8, 4) is 5.75 Å². The fraction of sp³-hybridized carbons (Fsp3) is 0.429. The second kappa shape index (κ2) is 9.21. The molecule has 1 saturated heterocycles. The molecule has 1 fully saturated rings. The number of nitrogens with zero attached hydrogens (tertiary/aromatic N) is 2. The van der Waals surface area contributed by atoms with Crippen molar-refractivity contribution in [1.82, 2.24) is 14.5 Å². The van der Waals surface area contributed by atoms with Gasteiger partial charge in [0.05, 0.1) is 7.11 Å². The molecule has 1 N–H and O–H groups in total. The van der Waals surface area contributed by atoms with Gasteiger partial charge in [-0.05, 0) is 37.7 Å². The third-order valence-corrected chi connectivity index (χ3v) is 6.77. The molecular formula is C21H28FN3O3S. The summed E-state index contributed by atoms with van der Waals surface area (Å²) in [5.74, 6) is -0.509. The molecule has 2 aromatic rings. The summed E-state index contributed by atoms with van der Waals surface area (Å²) >= 11 is 0. The number of rotatable bonds is 7. The van der Waals surface area contributed by atoms with E-state index >= 15 is 0 Å². The minimum absolute atomic E-state index is 0.112. The third kappa shape index (κ3) is 5.33. The summed E-state index contributed by atoms with van der Waals surface area (Å²) in [7, 11) is -0.491. The molecule has 2 aromatic carbocycles. The number of benzene rings is 2. The molecule has 0 spiro atoms. The van der Waals surface area contributed by atoms with Crippen LogP contribution in [0.25, 0.3) is 0 Å². The maximum atomic E-state index is 13.7. The molecule has 0 amide bonds. The summed E-state index contributed by atoms with van der Waals surface area (Å²) in [5.41, 5.74) is 2.20. The lowest BCUT2D eigenvalue weighted by molar-refractivity contribution is 0.113. The van der Waals surface area contributed by atoms with E-state index in [4.69, 9.17) is 4.74 Å². The van der Waals surface area contributed by atoms with Crippen LogP contribution in [-0.4, -0.2) is 65.1 Å². The summed E-state index contributed by atoms with van der Waals surface area (Å²) < 4.78 is 47.3. The smallest absolute Gasteiger partial charge is 0.244 e. The Labute approximate surface area is 172 Å². The second-order valence-corrected chi connectivity index (χ2v) is 9.15. The Bertz CT molecular complexity index is 927. The number of hydrogen-bond donors (Lipinski definition) is 1. The number of piperazine rings is 1. The van der Waals surface area contributed by atoms with Crippen LogP contribution in [0, 0.1) is 12.7 Å². The van der Waals surface area contributed by atoms with Gasteiger partial charge >= 0.3 is 0 Å². The van der Waals surface area contributed by atoms with Crippen LogP contribution in [0.4, 0.5) is 4.39 Å². The van der Waals surface area contributed by atoms with Crippen molar-refractivity contribution < 1.29 is 17.5 Å². The maximum Gasteiger partial charge on any atom is 0.244 e. The highest BCUT2D eigenvalue weighted by Crippen LogP contribution is 2.26. The highest BCUT2D eigenvalue weighted by molar-refractivity contribution is 7.89. The lowest BCUT2D eigenvalue weighted by atomic mass is 10.0. The predicted molar refractivity (Wildman–Crippen MR) is 111 cm³/mol. The van der Waals surface area contributed by atoms with Gasteiger partial charge in [0.15, 0.2) is 0 Å². The van der Waals surface area contributed by atoms with Gasteiger partial charge in [-0.1, -0.05) is 29.8 Å². The zero-order chi connectivity index (χ0) is 21.0. The molecule has 0 aliphatic carbocycles. The summed E-state index contributed by atoms with van der Waals surface area (Å²) in [6.07, 6.45) is 0. The van der Waals surface area contributed by atoms with Crippen molar-refractivity contribution in [3.63, 3.8) is 0 Å². The van der Waals surface area contributed by atoms with E-state index < -0.39 is 15.8 Å². The minimum atomic E-state index is -3.94. The Kier molecular flexibility index (Phi) is 6.89. The molecule has 0 saturated carbocycles. The first-order valence-corrected chi connectivity index (χ1v) is 11.1. The SMILES string of the molecule is COc1ccc(F)cc1S(=O)(=O)NCC(c1ccc(C)cc1)N1CCN(C)CC1. The average molecular weight is 422 g/mol. The van der Waals surface area contributed by atoms with Gasteiger partial charge in [0, 0.05) is 38.8 Å². The molecular weight excluding hydrogens is 393 g/mol. The Balaban J connectivity index is 1.84. The van der Waals surface area contributed by atoms with Gasteiger partial charge in [-0.25, -0.2) is 17.5 Å². The van der Waals surface area contributed by atoms with Gasteiger partial charge in [0.25, 0.3) is 0 Å². The molecule has 0 radical (unpaired) electrons.